The molecule has 0 aromatic heterocycles. The zero-order valence-corrected chi connectivity index (χ0v) is 23.0. The van der Waals surface area contributed by atoms with Crippen molar-refractivity contribution in [2.24, 2.45) is 33.5 Å². The monoisotopic (exact) mass is 468 g/mol. The van der Waals surface area contributed by atoms with Crippen molar-refractivity contribution in [2.75, 3.05) is 7.11 Å². The van der Waals surface area contributed by atoms with Crippen LogP contribution in [0, 0.1) is 33.5 Å². The van der Waals surface area contributed by atoms with Crippen LogP contribution in [-0.2, 0) is 9.53 Å². The number of hydrogen-bond acceptors (Lipinski definition) is 3. The molecule has 0 aliphatic heterocycles. The number of esters is 1. The molecule has 3 heteroatoms. The van der Waals surface area contributed by atoms with Crippen molar-refractivity contribution in [3.05, 3.63) is 34.4 Å². The van der Waals surface area contributed by atoms with Crippen LogP contribution < -0.4 is 0 Å². The quantitative estimate of drug-likeness (QED) is 0.435. The van der Waals surface area contributed by atoms with Gasteiger partial charge in [-0.3, -0.25) is 4.79 Å². The Morgan fingerprint density at radius 1 is 0.941 bits per heavy atom. The molecule has 3 nitrogen and oxygen atoms in total. The SMILES string of the molecule is COC(=O)[C@@]12CCC(C)=C(/C=C\C3=C(C)CC[C@H]4C(C)(C)[C@@H](O)CC[C@]34C)[C@@H]1CC(C)(C)CC2. The van der Waals surface area contributed by atoms with E-state index in [1.54, 1.807) is 7.11 Å². The highest BCUT2D eigenvalue weighted by Gasteiger charge is 2.55. The van der Waals surface area contributed by atoms with Gasteiger partial charge < -0.3 is 9.84 Å². The summed E-state index contributed by atoms with van der Waals surface area (Å²) in [5.41, 5.74) is 5.69. The molecule has 2 saturated carbocycles. The number of rotatable bonds is 3. The number of allylic oxidation sites excluding steroid dienone is 6. The van der Waals surface area contributed by atoms with Gasteiger partial charge in [0.1, 0.15) is 0 Å². The van der Waals surface area contributed by atoms with Gasteiger partial charge in [0.2, 0.25) is 0 Å². The van der Waals surface area contributed by atoms with Crippen LogP contribution in [0.1, 0.15) is 106 Å². The summed E-state index contributed by atoms with van der Waals surface area (Å²) < 4.78 is 5.41. The van der Waals surface area contributed by atoms with Crippen LogP contribution in [0.25, 0.3) is 0 Å². The average molecular weight is 469 g/mol. The predicted octanol–water partition coefficient (Wildman–Crippen LogP) is 7.55. The van der Waals surface area contributed by atoms with Gasteiger partial charge in [-0.25, -0.2) is 0 Å². The molecule has 5 atom stereocenters. The highest BCUT2D eigenvalue weighted by molar-refractivity contribution is 5.78. The lowest BCUT2D eigenvalue weighted by molar-refractivity contribution is -0.161. The first kappa shape index (κ1) is 25.7. The van der Waals surface area contributed by atoms with E-state index in [0.29, 0.717) is 5.92 Å². The van der Waals surface area contributed by atoms with Crippen molar-refractivity contribution >= 4 is 5.97 Å². The Balaban J connectivity index is 1.74. The summed E-state index contributed by atoms with van der Waals surface area (Å²) in [4.78, 5) is 13.2. The highest BCUT2D eigenvalue weighted by atomic mass is 16.5. The number of fused-ring (bicyclic) bond motifs is 2. The molecule has 0 aromatic rings. The van der Waals surface area contributed by atoms with E-state index in [1.807, 2.05) is 0 Å². The fourth-order valence-electron chi connectivity index (χ4n) is 8.49. The van der Waals surface area contributed by atoms with E-state index in [0.717, 1.165) is 57.8 Å². The normalized spacial score (nSPS) is 39.6. The van der Waals surface area contributed by atoms with Crippen LogP contribution in [0.3, 0.4) is 0 Å². The van der Waals surface area contributed by atoms with Crippen LogP contribution in [0.2, 0.25) is 0 Å². The van der Waals surface area contributed by atoms with Gasteiger partial charge in [-0.2, -0.15) is 0 Å². The van der Waals surface area contributed by atoms with E-state index in [2.05, 4.69) is 60.6 Å². The minimum absolute atomic E-state index is 0.00509. The third-order valence-corrected chi connectivity index (χ3v) is 10.9. The molecule has 34 heavy (non-hydrogen) atoms. The lowest BCUT2D eigenvalue weighted by Crippen LogP contribution is -2.51. The van der Waals surface area contributed by atoms with Crippen LogP contribution in [-0.4, -0.2) is 24.3 Å². The lowest BCUT2D eigenvalue weighted by Gasteiger charge is -2.56. The summed E-state index contributed by atoms with van der Waals surface area (Å²) in [5, 5.41) is 10.8. The maximum absolute atomic E-state index is 13.2. The third-order valence-electron chi connectivity index (χ3n) is 10.9. The average Bonchev–Trinajstić information content (AvgIpc) is 2.76. The van der Waals surface area contributed by atoms with Crippen LogP contribution in [0.4, 0.5) is 0 Å². The molecule has 4 aliphatic carbocycles. The maximum atomic E-state index is 13.2. The smallest absolute Gasteiger partial charge is 0.312 e. The van der Waals surface area contributed by atoms with Crippen molar-refractivity contribution in [3.8, 4) is 0 Å². The maximum Gasteiger partial charge on any atom is 0.312 e. The number of methoxy groups -OCH3 is 1. The first-order valence-corrected chi connectivity index (χ1v) is 13.6. The largest absolute Gasteiger partial charge is 0.469 e. The van der Waals surface area contributed by atoms with Gasteiger partial charge in [-0.15, -0.1) is 0 Å². The van der Waals surface area contributed by atoms with Crippen molar-refractivity contribution in [3.63, 3.8) is 0 Å². The molecule has 1 N–H and O–H groups in total. The highest BCUT2D eigenvalue weighted by Crippen LogP contribution is 2.61. The molecule has 0 heterocycles. The van der Waals surface area contributed by atoms with Gasteiger partial charge in [0.15, 0.2) is 0 Å². The van der Waals surface area contributed by atoms with Crippen LogP contribution in [0.15, 0.2) is 34.4 Å². The van der Waals surface area contributed by atoms with E-state index in [-0.39, 0.29) is 39.7 Å². The molecule has 0 aromatic carbocycles. The van der Waals surface area contributed by atoms with Gasteiger partial charge in [0.05, 0.1) is 18.6 Å². The Labute approximate surface area is 208 Å². The number of carbonyl (C=O) groups excluding carboxylic acids is 1. The minimum atomic E-state index is -0.372. The van der Waals surface area contributed by atoms with Crippen LogP contribution in [0.5, 0.6) is 0 Å². The zero-order valence-electron chi connectivity index (χ0n) is 23.0. The first-order valence-electron chi connectivity index (χ1n) is 13.6. The van der Waals surface area contributed by atoms with E-state index < -0.39 is 0 Å². The Bertz CT molecular complexity index is 932. The molecule has 0 spiro atoms. The Hall–Kier alpha value is -1.35. The lowest BCUT2D eigenvalue weighted by atomic mass is 9.49. The number of aliphatic hydroxyl groups excluding tert-OH is 1. The molecular weight excluding hydrogens is 420 g/mol. The van der Waals surface area contributed by atoms with E-state index in [9.17, 15) is 9.90 Å². The molecule has 0 bridgehead atoms. The molecule has 0 amide bonds. The molecule has 0 radical (unpaired) electrons. The van der Waals surface area contributed by atoms with Gasteiger partial charge in [0.25, 0.3) is 0 Å². The fourth-order valence-corrected chi connectivity index (χ4v) is 8.49. The molecule has 4 aliphatic rings. The number of aliphatic hydroxyl groups is 1. The summed E-state index contributed by atoms with van der Waals surface area (Å²) in [6.45, 7) is 16.3. The second-order valence-corrected chi connectivity index (χ2v) is 13.7. The van der Waals surface area contributed by atoms with Crippen molar-refractivity contribution in [1.29, 1.82) is 0 Å². The second-order valence-electron chi connectivity index (χ2n) is 13.7. The van der Waals surface area contributed by atoms with E-state index >= 15 is 0 Å². The van der Waals surface area contributed by atoms with Gasteiger partial charge in [-0.1, -0.05) is 57.9 Å². The second kappa shape index (κ2) is 8.64. The predicted molar refractivity (Wildman–Crippen MR) is 139 cm³/mol. The summed E-state index contributed by atoms with van der Waals surface area (Å²) in [7, 11) is 1.56. The summed E-state index contributed by atoms with van der Waals surface area (Å²) in [6, 6.07) is 0. The summed E-state index contributed by atoms with van der Waals surface area (Å²) in [6.07, 6.45) is 13.7. The van der Waals surface area contributed by atoms with Crippen LogP contribution >= 0.6 is 0 Å². The molecule has 2 fully saturated rings. The summed E-state index contributed by atoms with van der Waals surface area (Å²) >= 11 is 0. The summed E-state index contributed by atoms with van der Waals surface area (Å²) in [5.74, 6) is 0.706. The molecule has 0 saturated heterocycles. The van der Waals surface area contributed by atoms with E-state index in [4.69, 9.17) is 4.74 Å². The minimum Gasteiger partial charge on any atom is -0.469 e. The molecule has 0 unspecified atom stereocenters. The standard InChI is InChI=1S/C31H48O3/c1-20-13-16-31(27(33)34-8)18-17-28(3,4)19-24(31)22(20)10-11-23-21(2)9-12-25-29(5,6)26(32)14-15-30(23,25)7/h10-11,24-26,32H,9,12-19H2,1-8H3/b11-10-/t24-,25-,26-,30+,31+/m0/s1. The van der Waals surface area contributed by atoms with E-state index in [1.165, 1.54) is 22.3 Å². The number of ether oxygens (including phenoxy) is 1. The zero-order chi connectivity index (χ0) is 25.1. The Morgan fingerprint density at radius 3 is 2.32 bits per heavy atom. The van der Waals surface area contributed by atoms with Crippen molar-refractivity contribution < 1.29 is 14.6 Å². The van der Waals surface area contributed by atoms with Gasteiger partial charge in [0, 0.05) is 5.92 Å². The fraction of sp³-hybridized carbons (Fsp3) is 0.774. The number of carbonyl (C=O) groups is 1. The Morgan fingerprint density at radius 2 is 1.65 bits per heavy atom. The van der Waals surface area contributed by atoms with Crippen molar-refractivity contribution in [2.45, 2.75) is 112 Å². The van der Waals surface area contributed by atoms with Gasteiger partial charge in [-0.05, 0) is 105 Å². The topological polar surface area (TPSA) is 46.5 Å². The molecule has 190 valence electrons. The van der Waals surface area contributed by atoms with Gasteiger partial charge >= 0.3 is 5.97 Å². The molecular formula is C31H48O3. The molecule has 4 rings (SSSR count). The third kappa shape index (κ3) is 3.94. The van der Waals surface area contributed by atoms with Crippen molar-refractivity contribution in [1.82, 2.24) is 0 Å². The number of hydrogen-bond donors (Lipinski definition) is 1. The Kier molecular flexibility index (Phi) is 6.54. The first-order chi connectivity index (χ1) is 15.8.